The minimum Gasteiger partial charge on any atom is -0.458 e. The van der Waals surface area contributed by atoms with Gasteiger partial charge in [0.1, 0.15) is 13.2 Å². The van der Waals surface area contributed by atoms with E-state index in [1.54, 1.807) is 24.3 Å². The average molecular weight is 466 g/mol. The van der Waals surface area contributed by atoms with Crippen LogP contribution in [-0.2, 0) is 25.5 Å². The first-order chi connectivity index (χ1) is 16.6. The molecule has 0 saturated carbocycles. The maximum Gasteiger partial charge on any atom is 0.417 e. The lowest BCUT2D eigenvalue weighted by atomic mass is 9.98. The Labute approximate surface area is 201 Å². The zero-order valence-corrected chi connectivity index (χ0v) is 19.8. The molecule has 181 valence electrons. The molecule has 7 nitrogen and oxygen atoms in total. The van der Waals surface area contributed by atoms with Crippen molar-refractivity contribution in [3.63, 3.8) is 0 Å². The first kappa shape index (κ1) is 25.3. The topological polar surface area (TPSA) is 84.9 Å². The molecule has 2 aromatic rings. The average Bonchev–Trinajstić information content (AvgIpc) is 2.87. The van der Waals surface area contributed by atoms with Gasteiger partial charge < -0.3 is 19.7 Å². The zero-order valence-electron chi connectivity index (χ0n) is 19.8. The molecule has 1 heterocycles. The summed E-state index contributed by atoms with van der Waals surface area (Å²) in [5, 5.41) is 3.24. The number of hydrogen-bond acceptors (Lipinski definition) is 6. The van der Waals surface area contributed by atoms with E-state index in [1.165, 1.54) is 37.0 Å². The van der Waals surface area contributed by atoms with Gasteiger partial charge in [0.25, 0.3) is 0 Å². The van der Waals surface area contributed by atoms with Gasteiger partial charge in [-0.2, -0.15) is 0 Å². The van der Waals surface area contributed by atoms with Crippen LogP contribution in [0.5, 0.6) is 0 Å². The number of anilines is 1. The van der Waals surface area contributed by atoms with Crippen molar-refractivity contribution in [2.75, 3.05) is 31.2 Å². The molecule has 1 aliphatic rings. The normalized spacial score (nSPS) is 14.2. The predicted molar refractivity (Wildman–Crippen MR) is 130 cm³/mol. The summed E-state index contributed by atoms with van der Waals surface area (Å²) in [5.41, 5.74) is 3.58. The molecular formula is C27H33N2O5. The Morgan fingerprint density at radius 1 is 1.03 bits per heavy atom. The van der Waals surface area contributed by atoms with Crippen molar-refractivity contribution in [1.29, 1.82) is 0 Å². The molecule has 34 heavy (non-hydrogen) atoms. The molecule has 0 bridgehead atoms. The molecule has 1 atom stereocenters. The van der Waals surface area contributed by atoms with Gasteiger partial charge in [0, 0.05) is 18.8 Å². The van der Waals surface area contributed by atoms with Crippen LogP contribution in [0.4, 0.5) is 5.69 Å². The van der Waals surface area contributed by atoms with E-state index >= 15 is 0 Å². The third kappa shape index (κ3) is 7.33. The van der Waals surface area contributed by atoms with E-state index in [4.69, 9.17) is 4.74 Å². The van der Waals surface area contributed by atoms with Crippen molar-refractivity contribution < 1.29 is 23.9 Å². The second-order valence-corrected chi connectivity index (χ2v) is 8.46. The zero-order chi connectivity index (χ0) is 24.2. The van der Waals surface area contributed by atoms with E-state index in [2.05, 4.69) is 40.1 Å². The molecule has 1 amide bonds. The number of nitrogens with zero attached hydrogens (tertiary/aromatic N) is 1. The fraction of sp³-hybridized carbons (Fsp3) is 0.444. The third-order valence-electron chi connectivity index (χ3n) is 5.95. The maximum absolute atomic E-state index is 12.9. The van der Waals surface area contributed by atoms with Gasteiger partial charge in [-0.25, -0.2) is 9.59 Å². The summed E-state index contributed by atoms with van der Waals surface area (Å²) in [6.07, 6.45) is 5.74. The second-order valence-electron chi connectivity index (χ2n) is 8.46. The number of nitrogens with one attached hydrogen (secondary N) is 1. The highest BCUT2D eigenvalue weighted by Crippen LogP contribution is 2.31. The molecular weight excluding hydrogens is 432 g/mol. The van der Waals surface area contributed by atoms with Crippen molar-refractivity contribution >= 4 is 24.0 Å². The smallest absolute Gasteiger partial charge is 0.417 e. The lowest BCUT2D eigenvalue weighted by molar-refractivity contribution is -0.121. The van der Waals surface area contributed by atoms with Crippen LogP contribution in [0.1, 0.15) is 66.6 Å². The number of benzene rings is 2. The molecule has 1 fully saturated rings. The Hall–Kier alpha value is -3.35. The fourth-order valence-corrected chi connectivity index (χ4v) is 4.29. The minimum atomic E-state index is -0.511. The summed E-state index contributed by atoms with van der Waals surface area (Å²) >= 11 is 0. The highest BCUT2D eigenvalue weighted by molar-refractivity contribution is 5.89. The van der Waals surface area contributed by atoms with Gasteiger partial charge in [-0.3, -0.25) is 4.79 Å². The first-order valence-corrected chi connectivity index (χ1v) is 12.0. The molecule has 1 unspecified atom stereocenters. The van der Waals surface area contributed by atoms with Crippen LogP contribution < -0.4 is 10.2 Å². The lowest BCUT2D eigenvalue weighted by Crippen LogP contribution is -2.34. The fourth-order valence-electron chi connectivity index (χ4n) is 4.29. The number of amides is 1. The van der Waals surface area contributed by atoms with Gasteiger partial charge in [0.05, 0.1) is 18.0 Å². The molecule has 1 N–H and O–H groups in total. The number of piperidine rings is 1. The van der Waals surface area contributed by atoms with Gasteiger partial charge in [0.15, 0.2) is 0 Å². The summed E-state index contributed by atoms with van der Waals surface area (Å²) < 4.78 is 9.39. The summed E-state index contributed by atoms with van der Waals surface area (Å²) in [6, 6.07) is 15.1. The van der Waals surface area contributed by atoms with Crippen LogP contribution in [0.3, 0.4) is 0 Å². The van der Waals surface area contributed by atoms with Gasteiger partial charge in [0.2, 0.25) is 5.91 Å². The Morgan fingerprint density at radius 3 is 2.47 bits per heavy atom. The molecule has 3 rings (SSSR count). The quantitative estimate of drug-likeness (QED) is 0.375. The molecule has 1 saturated heterocycles. The Kier molecular flexibility index (Phi) is 9.95. The maximum atomic E-state index is 12.9. The number of hydrogen-bond donors (Lipinski definition) is 1. The molecule has 2 aromatic carbocycles. The van der Waals surface area contributed by atoms with Gasteiger partial charge in [-0.05, 0) is 55.0 Å². The Morgan fingerprint density at radius 2 is 1.76 bits per heavy atom. The van der Waals surface area contributed by atoms with Crippen molar-refractivity contribution in [2.45, 2.75) is 51.5 Å². The number of carbonyl (C=O) groups excluding carboxylic acids is 3. The van der Waals surface area contributed by atoms with Crippen molar-refractivity contribution in [3.8, 4) is 0 Å². The molecule has 0 aliphatic carbocycles. The van der Waals surface area contributed by atoms with Gasteiger partial charge in [-0.1, -0.05) is 43.7 Å². The van der Waals surface area contributed by atoms with Crippen molar-refractivity contribution in [2.24, 2.45) is 0 Å². The molecule has 0 aromatic heterocycles. The van der Waals surface area contributed by atoms with Crippen LogP contribution in [0.25, 0.3) is 0 Å². The summed E-state index contributed by atoms with van der Waals surface area (Å²) in [7, 11) is 0. The van der Waals surface area contributed by atoms with Crippen LogP contribution in [-0.4, -0.2) is 44.7 Å². The molecule has 1 aliphatic heterocycles. The van der Waals surface area contributed by atoms with Crippen molar-refractivity contribution in [1.82, 2.24) is 5.32 Å². The van der Waals surface area contributed by atoms with Crippen LogP contribution >= 0.6 is 0 Å². The van der Waals surface area contributed by atoms with E-state index in [9.17, 15) is 14.4 Å². The summed E-state index contributed by atoms with van der Waals surface area (Å²) in [6.45, 7) is 5.45. The monoisotopic (exact) mass is 465 g/mol. The highest BCUT2D eigenvalue weighted by atomic mass is 16.6. The predicted octanol–water partition coefficient (Wildman–Crippen LogP) is 4.12. The number of carbonyl (C=O) groups is 2. The summed E-state index contributed by atoms with van der Waals surface area (Å²) in [4.78, 5) is 37.4. The van der Waals surface area contributed by atoms with Gasteiger partial charge in [-0.15, -0.1) is 0 Å². The third-order valence-corrected chi connectivity index (χ3v) is 5.95. The number of para-hydroxylation sites is 1. The van der Waals surface area contributed by atoms with E-state index in [0.717, 1.165) is 31.5 Å². The molecule has 0 spiro atoms. The van der Waals surface area contributed by atoms with E-state index in [-0.39, 0.29) is 31.6 Å². The largest absolute Gasteiger partial charge is 0.458 e. The lowest BCUT2D eigenvalue weighted by Gasteiger charge is -2.32. The van der Waals surface area contributed by atoms with Crippen LogP contribution in [0.2, 0.25) is 0 Å². The standard InChI is InChI=1S/C27H33N2O5/c1-2-8-24(23-9-4-5-10-25(23)29-15-6-3-7-16-29)28-26(31)19-21-11-13-22(14-12-21)27(32)34-18-17-33-20-30/h4-5,9-14,24H,2-3,6-8,15-19H2,1H3,(H,28,31). The SMILES string of the molecule is CCCC(NC(=O)Cc1ccc(C(=O)OCCO[C]=O)cc1)c1ccccc1N1CCCCC1. The Balaban J connectivity index is 1.61. The first-order valence-electron chi connectivity index (χ1n) is 12.0. The minimum absolute atomic E-state index is 0.0318. The van der Waals surface area contributed by atoms with E-state index in [1.807, 2.05) is 6.07 Å². The van der Waals surface area contributed by atoms with Crippen molar-refractivity contribution in [3.05, 3.63) is 65.2 Å². The number of ether oxygens (including phenoxy) is 2. The second kappa shape index (κ2) is 13.4. The van der Waals surface area contributed by atoms with E-state index < -0.39 is 5.97 Å². The van der Waals surface area contributed by atoms with Gasteiger partial charge >= 0.3 is 12.4 Å². The summed E-state index contributed by atoms with van der Waals surface area (Å²) in [5.74, 6) is -0.563. The molecule has 1 radical (unpaired) electrons. The number of rotatable bonds is 12. The molecule has 7 heteroatoms. The van der Waals surface area contributed by atoms with Crippen LogP contribution in [0.15, 0.2) is 48.5 Å². The Bertz CT molecular complexity index is 938. The highest BCUT2D eigenvalue weighted by Gasteiger charge is 2.21. The van der Waals surface area contributed by atoms with E-state index in [0.29, 0.717) is 5.56 Å². The number of esters is 1. The van der Waals surface area contributed by atoms with Crippen LogP contribution in [0, 0.1) is 0 Å².